The summed E-state index contributed by atoms with van der Waals surface area (Å²) in [4.78, 5) is 37.0. The Morgan fingerprint density at radius 2 is 1.65 bits per heavy atom. The number of rotatable bonds is 5. The smallest absolute Gasteiger partial charge is 0.333 e. The maximum atomic E-state index is 12.7. The molecule has 0 atom stereocenters. The Labute approximate surface area is 177 Å². The summed E-state index contributed by atoms with van der Waals surface area (Å²) in [6.07, 6.45) is 4.81. The number of carbonyl (C=O) groups excluding carboxylic acids is 1. The average molecular weight is 415 g/mol. The van der Waals surface area contributed by atoms with E-state index in [-0.39, 0.29) is 0 Å². The van der Waals surface area contributed by atoms with Gasteiger partial charge in [0.1, 0.15) is 5.56 Å². The summed E-state index contributed by atoms with van der Waals surface area (Å²) in [7, 11) is 2.57. The number of benzene rings is 2. The molecule has 0 aliphatic carbocycles. The van der Waals surface area contributed by atoms with E-state index in [9.17, 15) is 19.5 Å². The molecule has 156 valence electrons. The Hall–Kier alpha value is -4.13. The van der Waals surface area contributed by atoms with Crippen molar-refractivity contribution in [1.82, 2.24) is 13.7 Å². The number of allylic oxidation sites excluding steroid dienone is 1. The Kier molecular flexibility index (Phi) is 5.17. The van der Waals surface area contributed by atoms with Gasteiger partial charge in [0.2, 0.25) is 5.88 Å². The highest BCUT2D eigenvalue weighted by molar-refractivity contribution is 6.08. The molecule has 0 aliphatic rings. The second-order valence-electron chi connectivity index (χ2n) is 7.32. The zero-order valence-corrected chi connectivity index (χ0v) is 17.1. The number of fused-ring (bicyclic) bond motifs is 1. The van der Waals surface area contributed by atoms with E-state index in [1.54, 1.807) is 6.08 Å². The Morgan fingerprint density at radius 3 is 2.39 bits per heavy atom. The number of nitrogens with zero attached hydrogens (tertiary/aromatic N) is 3. The lowest BCUT2D eigenvalue weighted by atomic mass is 10.1. The van der Waals surface area contributed by atoms with E-state index in [1.165, 1.54) is 20.2 Å². The van der Waals surface area contributed by atoms with Crippen molar-refractivity contribution in [2.75, 3.05) is 0 Å². The topological polar surface area (TPSA) is 86.2 Å². The average Bonchev–Trinajstić information content (AvgIpc) is 3.13. The van der Waals surface area contributed by atoms with Gasteiger partial charge in [0.15, 0.2) is 5.78 Å². The number of aromatic hydroxyl groups is 1. The lowest BCUT2D eigenvalue weighted by Crippen LogP contribution is -2.39. The first-order valence-corrected chi connectivity index (χ1v) is 9.71. The second-order valence-corrected chi connectivity index (χ2v) is 7.32. The van der Waals surface area contributed by atoms with E-state index >= 15 is 0 Å². The standard InChI is InChI=1S/C24H21N3O4/c1-25-22(29)21(23(30)26(2)24(25)31)20(28)13-12-17-15-27(14-16-8-4-3-5-9-16)19-11-7-6-10-18(17)19/h3-13,15,29H,14H2,1-2H3. The van der Waals surface area contributed by atoms with Crippen LogP contribution < -0.4 is 11.2 Å². The van der Waals surface area contributed by atoms with Crippen LogP contribution >= 0.6 is 0 Å². The molecule has 2 aromatic carbocycles. The summed E-state index contributed by atoms with van der Waals surface area (Å²) in [6.45, 7) is 0.672. The Morgan fingerprint density at radius 1 is 0.968 bits per heavy atom. The van der Waals surface area contributed by atoms with Crippen molar-refractivity contribution in [3.63, 3.8) is 0 Å². The summed E-state index contributed by atoms with van der Waals surface area (Å²) in [5.41, 5.74) is 0.997. The molecule has 0 spiro atoms. The van der Waals surface area contributed by atoms with E-state index in [1.807, 2.05) is 60.8 Å². The molecule has 7 nitrogen and oxygen atoms in total. The maximum Gasteiger partial charge on any atom is 0.333 e. The van der Waals surface area contributed by atoms with Crippen molar-refractivity contribution in [2.24, 2.45) is 14.1 Å². The molecule has 0 radical (unpaired) electrons. The molecule has 0 aliphatic heterocycles. The molecule has 7 heteroatoms. The first-order chi connectivity index (χ1) is 14.9. The maximum absolute atomic E-state index is 12.7. The third kappa shape index (κ3) is 3.61. The van der Waals surface area contributed by atoms with Gasteiger partial charge in [-0.1, -0.05) is 48.5 Å². The molecule has 0 saturated heterocycles. The summed E-state index contributed by atoms with van der Waals surface area (Å²) in [5.74, 6) is -1.32. The van der Waals surface area contributed by atoms with Crippen LogP contribution in [0.3, 0.4) is 0 Å². The Balaban J connectivity index is 1.74. The Bertz CT molecular complexity index is 1440. The molecular formula is C24H21N3O4. The molecule has 2 aromatic heterocycles. The number of carbonyl (C=O) groups is 1. The number of aromatic nitrogens is 3. The number of hydrogen-bond acceptors (Lipinski definition) is 4. The fraction of sp³-hybridized carbons (Fsp3) is 0.125. The largest absolute Gasteiger partial charge is 0.494 e. The molecule has 2 heterocycles. The molecule has 0 saturated carbocycles. The molecule has 4 rings (SSSR count). The highest BCUT2D eigenvalue weighted by Crippen LogP contribution is 2.24. The summed E-state index contributed by atoms with van der Waals surface area (Å²) < 4.78 is 3.76. The predicted octanol–water partition coefficient (Wildman–Crippen LogP) is 2.69. The summed E-state index contributed by atoms with van der Waals surface area (Å²) in [6, 6.07) is 17.9. The zero-order chi connectivity index (χ0) is 22.1. The normalized spacial score (nSPS) is 11.4. The second kappa shape index (κ2) is 7.95. The van der Waals surface area contributed by atoms with Crippen molar-refractivity contribution in [3.05, 3.63) is 104 Å². The number of hydrogen-bond donors (Lipinski definition) is 1. The van der Waals surface area contributed by atoms with Crippen LogP contribution in [0.2, 0.25) is 0 Å². The highest BCUT2D eigenvalue weighted by atomic mass is 16.3. The fourth-order valence-corrected chi connectivity index (χ4v) is 3.62. The molecular weight excluding hydrogens is 394 g/mol. The van der Waals surface area contributed by atoms with Crippen LogP contribution in [0.5, 0.6) is 5.88 Å². The van der Waals surface area contributed by atoms with Crippen molar-refractivity contribution in [3.8, 4) is 5.88 Å². The molecule has 4 aromatic rings. The minimum atomic E-state index is -0.832. The van der Waals surface area contributed by atoms with Gasteiger partial charge in [0.25, 0.3) is 5.56 Å². The molecule has 0 unspecified atom stereocenters. The lowest BCUT2D eigenvalue weighted by molar-refractivity contribution is 0.104. The van der Waals surface area contributed by atoms with Gasteiger partial charge < -0.3 is 9.67 Å². The summed E-state index contributed by atoms with van der Waals surface area (Å²) >= 11 is 0. The van der Waals surface area contributed by atoms with Crippen LogP contribution in [0.15, 0.2) is 76.5 Å². The fourth-order valence-electron chi connectivity index (χ4n) is 3.62. The van der Waals surface area contributed by atoms with Crippen LogP contribution in [0, 0.1) is 0 Å². The first kappa shape index (κ1) is 20.2. The third-order valence-corrected chi connectivity index (χ3v) is 5.31. The van der Waals surface area contributed by atoms with Crippen LogP contribution in [0.1, 0.15) is 21.5 Å². The van der Waals surface area contributed by atoms with Gasteiger partial charge in [-0.2, -0.15) is 0 Å². The van der Waals surface area contributed by atoms with E-state index in [0.29, 0.717) is 6.54 Å². The van der Waals surface area contributed by atoms with E-state index in [4.69, 9.17) is 0 Å². The van der Waals surface area contributed by atoms with Crippen molar-refractivity contribution in [1.29, 1.82) is 0 Å². The minimum Gasteiger partial charge on any atom is -0.494 e. The van der Waals surface area contributed by atoms with Crippen LogP contribution in [-0.4, -0.2) is 24.6 Å². The molecule has 0 fully saturated rings. The molecule has 0 amide bonds. The number of ketones is 1. The monoisotopic (exact) mass is 415 g/mol. The van der Waals surface area contributed by atoms with Gasteiger partial charge in [0.05, 0.1) is 0 Å². The zero-order valence-electron chi connectivity index (χ0n) is 17.1. The first-order valence-electron chi connectivity index (χ1n) is 9.71. The van der Waals surface area contributed by atoms with Gasteiger partial charge in [-0.05, 0) is 23.8 Å². The van der Waals surface area contributed by atoms with Gasteiger partial charge in [-0.3, -0.25) is 18.7 Å². The number of para-hydroxylation sites is 1. The van der Waals surface area contributed by atoms with Gasteiger partial charge >= 0.3 is 5.69 Å². The minimum absolute atomic E-state index is 0.436. The van der Waals surface area contributed by atoms with E-state index in [0.717, 1.165) is 31.2 Å². The van der Waals surface area contributed by atoms with E-state index < -0.39 is 28.5 Å². The molecule has 1 N–H and O–H groups in total. The summed E-state index contributed by atoms with van der Waals surface area (Å²) in [5, 5.41) is 11.1. The predicted molar refractivity (Wildman–Crippen MR) is 119 cm³/mol. The van der Waals surface area contributed by atoms with E-state index in [2.05, 4.69) is 4.57 Å². The lowest BCUT2D eigenvalue weighted by Gasteiger charge is -2.07. The van der Waals surface area contributed by atoms with Crippen molar-refractivity contribution >= 4 is 22.8 Å². The van der Waals surface area contributed by atoms with Gasteiger partial charge in [-0.25, -0.2) is 4.79 Å². The molecule has 31 heavy (non-hydrogen) atoms. The van der Waals surface area contributed by atoms with Gasteiger partial charge in [-0.15, -0.1) is 0 Å². The van der Waals surface area contributed by atoms with Gasteiger partial charge in [0, 0.05) is 43.3 Å². The van der Waals surface area contributed by atoms with Crippen LogP contribution in [-0.2, 0) is 20.6 Å². The third-order valence-electron chi connectivity index (χ3n) is 5.31. The SMILES string of the molecule is Cn1c(O)c(C(=O)C=Cc2cn(Cc3ccccc3)c3ccccc23)c(=O)n(C)c1=O. The molecule has 0 bridgehead atoms. The van der Waals surface area contributed by atoms with Crippen LogP contribution in [0.4, 0.5) is 0 Å². The van der Waals surface area contributed by atoms with Crippen molar-refractivity contribution in [2.45, 2.75) is 6.54 Å². The van der Waals surface area contributed by atoms with Crippen molar-refractivity contribution < 1.29 is 9.90 Å². The quantitative estimate of drug-likeness (QED) is 0.401. The highest BCUT2D eigenvalue weighted by Gasteiger charge is 2.20. The van der Waals surface area contributed by atoms with Crippen LogP contribution in [0.25, 0.3) is 17.0 Å².